The van der Waals surface area contributed by atoms with Crippen molar-refractivity contribution >= 4 is 24.3 Å². The van der Waals surface area contributed by atoms with Gasteiger partial charge in [-0.3, -0.25) is 14.5 Å². The van der Waals surface area contributed by atoms with E-state index in [0.717, 1.165) is 12.8 Å². The molecule has 3 N–H and O–H groups in total. The Morgan fingerprint density at radius 3 is 2.50 bits per heavy atom. The molecular weight excluding hydrogens is 308 g/mol. The molecule has 22 heavy (non-hydrogen) atoms. The molecule has 1 rings (SSSR count). The summed E-state index contributed by atoms with van der Waals surface area (Å²) in [4.78, 5) is 24.5. The molecule has 130 valence electrons. The maximum absolute atomic E-state index is 11.4. The minimum absolute atomic E-state index is 0. The van der Waals surface area contributed by atoms with E-state index >= 15 is 0 Å². The first-order valence-electron chi connectivity index (χ1n) is 7.73. The number of nitrogens with one attached hydrogen (secondary N) is 1. The number of hydrogen-bond acceptors (Lipinski definition) is 4. The zero-order valence-electron chi connectivity index (χ0n) is 13.6. The molecule has 2 unspecified atom stereocenters. The van der Waals surface area contributed by atoms with Crippen molar-refractivity contribution < 1.29 is 19.8 Å². The van der Waals surface area contributed by atoms with E-state index in [9.17, 15) is 19.8 Å². The first kappa shape index (κ1) is 21.1. The number of hydrogen-bond donors (Lipinski definition) is 3. The average Bonchev–Trinajstić information content (AvgIpc) is 2.80. The van der Waals surface area contributed by atoms with Gasteiger partial charge in [0.2, 0.25) is 5.91 Å². The number of carbonyl (C=O) groups excluding carboxylic acids is 1. The highest BCUT2D eigenvalue weighted by atomic mass is 35.5. The molecule has 6 nitrogen and oxygen atoms in total. The molecule has 0 aromatic rings. The second-order valence-electron chi connectivity index (χ2n) is 6.13. The fourth-order valence-electron chi connectivity index (χ4n) is 3.20. The standard InChI is InChI=1S/C15H28N2O4.ClH/c1-4-5-13(10(2)16-11(3)19)8-17-7-12(9-18)6-14(17)15(20)21;/h10,12-14,18H,4-9H2,1-3H3,(H,16,19)(H,20,21);1H/t10?,12-,13?,14-;/m1./s1. The summed E-state index contributed by atoms with van der Waals surface area (Å²) in [5.74, 6) is -0.635. The smallest absolute Gasteiger partial charge is 0.320 e. The van der Waals surface area contributed by atoms with E-state index in [2.05, 4.69) is 12.2 Å². The van der Waals surface area contributed by atoms with Gasteiger partial charge in [-0.15, -0.1) is 12.4 Å². The summed E-state index contributed by atoms with van der Waals surface area (Å²) in [5, 5.41) is 21.5. The Labute approximate surface area is 138 Å². The first-order valence-corrected chi connectivity index (χ1v) is 7.73. The minimum Gasteiger partial charge on any atom is -0.480 e. The van der Waals surface area contributed by atoms with E-state index in [1.54, 1.807) is 0 Å². The van der Waals surface area contributed by atoms with Gasteiger partial charge in [-0.25, -0.2) is 0 Å². The number of carboxylic acids is 1. The van der Waals surface area contributed by atoms with Crippen molar-refractivity contribution in [2.24, 2.45) is 11.8 Å². The SMILES string of the molecule is CCCC(CN1C[C@H](CO)C[C@@H]1C(=O)O)C(C)NC(C)=O.Cl. The van der Waals surface area contributed by atoms with Gasteiger partial charge in [0.25, 0.3) is 0 Å². The number of rotatable bonds is 8. The molecule has 1 aliphatic rings. The van der Waals surface area contributed by atoms with Crippen LogP contribution in [0.4, 0.5) is 0 Å². The fourth-order valence-corrected chi connectivity index (χ4v) is 3.20. The number of aliphatic hydroxyl groups excluding tert-OH is 1. The summed E-state index contributed by atoms with van der Waals surface area (Å²) in [6.45, 7) is 6.83. The third-order valence-corrected chi connectivity index (χ3v) is 4.30. The van der Waals surface area contributed by atoms with Gasteiger partial charge in [0, 0.05) is 32.7 Å². The molecule has 0 saturated carbocycles. The van der Waals surface area contributed by atoms with E-state index < -0.39 is 12.0 Å². The summed E-state index contributed by atoms with van der Waals surface area (Å²) in [6, 6.07) is -0.504. The maximum Gasteiger partial charge on any atom is 0.320 e. The Hall–Kier alpha value is -0.850. The van der Waals surface area contributed by atoms with Gasteiger partial charge >= 0.3 is 5.97 Å². The van der Waals surface area contributed by atoms with Crippen molar-refractivity contribution in [2.75, 3.05) is 19.7 Å². The lowest BCUT2D eigenvalue weighted by atomic mass is 9.95. The lowest BCUT2D eigenvalue weighted by Crippen LogP contribution is -2.45. The highest BCUT2D eigenvalue weighted by molar-refractivity contribution is 5.85. The summed E-state index contributed by atoms with van der Waals surface area (Å²) < 4.78 is 0. The van der Waals surface area contributed by atoms with Crippen LogP contribution in [0.3, 0.4) is 0 Å². The zero-order valence-corrected chi connectivity index (χ0v) is 14.4. The number of amides is 1. The van der Waals surface area contributed by atoms with Crippen molar-refractivity contribution in [2.45, 2.75) is 52.1 Å². The van der Waals surface area contributed by atoms with Crippen molar-refractivity contribution in [3.8, 4) is 0 Å². The fraction of sp³-hybridized carbons (Fsp3) is 0.867. The second-order valence-corrected chi connectivity index (χ2v) is 6.13. The molecule has 0 aliphatic carbocycles. The number of aliphatic hydroxyl groups is 1. The monoisotopic (exact) mass is 336 g/mol. The molecule has 1 saturated heterocycles. The average molecular weight is 337 g/mol. The van der Waals surface area contributed by atoms with Crippen LogP contribution in [0, 0.1) is 11.8 Å². The third kappa shape index (κ3) is 6.10. The van der Waals surface area contributed by atoms with Crippen LogP contribution in [0.15, 0.2) is 0 Å². The maximum atomic E-state index is 11.4. The van der Waals surface area contributed by atoms with Gasteiger partial charge in [-0.2, -0.15) is 0 Å². The predicted molar refractivity (Wildman–Crippen MR) is 87.1 cm³/mol. The Bertz CT molecular complexity index is 367. The van der Waals surface area contributed by atoms with Gasteiger partial charge < -0.3 is 15.5 Å². The number of aliphatic carboxylic acids is 1. The van der Waals surface area contributed by atoms with Crippen molar-refractivity contribution in [3.63, 3.8) is 0 Å². The van der Waals surface area contributed by atoms with Crippen molar-refractivity contribution in [3.05, 3.63) is 0 Å². The lowest BCUT2D eigenvalue weighted by molar-refractivity contribution is -0.142. The van der Waals surface area contributed by atoms with Gasteiger partial charge in [0.15, 0.2) is 0 Å². The highest BCUT2D eigenvalue weighted by Gasteiger charge is 2.37. The Kier molecular flexibility index (Phi) is 9.64. The Balaban J connectivity index is 0.00000441. The third-order valence-electron chi connectivity index (χ3n) is 4.30. The number of carbonyl (C=O) groups is 2. The zero-order chi connectivity index (χ0) is 16.0. The van der Waals surface area contributed by atoms with Crippen molar-refractivity contribution in [1.29, 1.82) is 0 Å². The molecule has 1 fully saturated rings. The summed E-state index contributed by atoms with van der Waals surface area (Å²) in [7, 11) is 0. The molecule has 0 bridgehead atoms. The molecular formula is C15H29ClN2O4. The van der Waals surface area contributed by atoms with E-state index in [1.165, 1.54) is 6.92 Å². The Morgan fingerprint density at radius 1 is 1.41 bits per heavy atom. The number of carboxylic acid groups (broad SMARTS) is 1. The summed E-state index contributed by atoms with van der Waals surface area (Å²) in [5.41, 5.74) is 0. The van der Waals surface area contributed by atoms with E-state index in [0.29, 0.717) is 19.5 Å². The molecule has 0 radical (unpaired) electrons. The van der Waals surface area contributed by atoms with Crippen LogP contribution >= 0.6 is 12.4 Å². The van der Waals surface area contributed by atoms with Crippen LogP contribution in [0.25, 0.3) is 0 Å². The van der Waals surface area contributed by atoms with Gasteiger partial charge in [-0.1, -0.05) is 13.3 Å². The lowest BCUT2D eigenvalue weighted by Gasteiger charge is -2.31. The second kappa shape index (κ2) is 10.0. The topological polar surface area (TPSA) is 89.9 Å². The normalized spacial score (nSPS) is 24.4. The van der Waals surface area contributed by atoms with Crippen LogP contribution in [-0.2, 0) is 9.59 Å². The van der Waals surface area contributed by atoms with Crippen LogP contribution in [0.2, 0.25) is 0 Å². The van der Waals surface area contributed by atoms with Crippen LogP contribution in [0.1, 0.15) is 40.0 Å². The van der Waals surface area contributed by atoms with Crippen LogP contribution in [-0.4, -0.2) is 58.8 Å². The van der Waals surface area contributed by atoms with Crippen LogP contribution in [0.5, 0.6) is 0 Å². The Morgan fingerprint density at radius 2 is 2.05 bits per heavy atom. The minimum atomic E-state index is -0.826. The molecule has 0 aromatic heterocycles. The molecule has 1 amide bonds. The van der Waals surface area contributed by atoms with Gasteiger partial charge in [0.05, 0.1) is 0 Å². The quantitative estimate of drug-likeness (QED) is 0.618. The van der Waals surface area contributed by atoms with Crippen LogP contribution < -0.4 is 5.32 Å². The molecule has 1 heterocycles. The highest BCUT2D eigenvalue weighted by Crippen LogP contribution is 2.26. The predicted octanol–water partition coefficient (Wildman–Crippen LogP) is 1.12. The number of likely N-dealkylation sites (tertiary alicyclic amines) is 1. The molecule has 7 heteroatoms. The summed E-state index contributed by atoms with van der Waals surface area (Å²) in [6.07, 6.45) is 2.43. The summed E-state index contributed by atoms with van der Waals surface area (Å²) >= 11 is 0. The molecule has 4 atom stereocenters. The van der Waals surface area contributed by atoms with E-state index in [4.69, 9.17) is 0 Å². The van der Waals surface area contributed by atoms with E-state index in [-0.39, 0.29) is 42.8 Å². The molecule has 0 aromatic carbocycles. The van der Waals surface area contributed by atoms with Gasteiger partial charge in [-0.05, 0) is 31.6 Å². The van der Waals surface area contributed by atoms with Gasteiger partial charge in [0.1, 0.15) is 6.04 Å². The van der Waals surface area contributed by atoms with Crippen molar-refractivity contribution in [1.82, 2.24) is 10.2 Å². The largest absolute Gasteiger partial charge is 0.480 e. The number of nitrogens with zero attached hydrogens (tertiary/aromatic N) is 1. The number of halogens is 1. The first-order chi connectivity index (χ1) is 9.88. The van der Waals surface area contributed by atoms with E-state index in [1.807, 2.05) is 11.8 Å². The molecule has 0 spiro atoms. The molecule has 1 aliphatic heterocycles.